The lowest BCUT2D eigenvalue weighted by Gasteiger charge is -2.15. The molecular weight excluding hydrogens is 458 g/mol. The monoisotopic (exact) mass is 487 g/mol. The van der Waals surface area contributed by atoms with Crippen LogP contribution in [0.25, 0.3) is 22.2 Å². The highest BCUT2D eigenvalue weighted by atomic mass is 16.5. The first-order chi connectivity index (χ1) is 17.3. The number of hydrogen-bond donors (Lipinski definition) is 2. The van der Waals surface area contributed by atoms with Gasteiger partial charge in [0.25, 0.3) is 5.56 Å². The Bertz CT molecular complexity index is 1420. The van der Waals surface area contributed by atoms with E-state index in [0.29, 0.717) is 42.0 Å². The second kappa shape index (κ2) is 10.9. The van der Waals surface area contributed by atoms with E-state index in [4.69, 9.17) is 10.5 Å². The molecular formula is C26H29N7O3. The number of aromatic amines is 1. The highest BCUT2D eigenvalue weighted by molar-refractivity contribution is 5.99. The van der Waals surface area contributed by atoms with Gasteiger partial charge in [0.05, 0.1) is 11.9 Å². The summed E-state index contributed by atoms with van der Waals surface area (Å²) >= 11 is 0. The Balaban J connectivity index is 1.59. The topological polar surface area (TPSA) is 122 Å². The predicted octanol–water partition coefficient (Wildman–Crippen LogP) is 2.74. The molecule has 0 atom stereocenters. The van der Waals surface area contributed by atoms with Crippen LogP contribution in [0.2, 0.25) is 0 Å². The SMILES string of the molecule is CN(C)C/C=C/C(=O)N(C)CCn1nc(-c2ccc(Oc3ccccc3)cc2)c2c(N)n[nH]c(=O)c21. The lowest BCUT2D eigenvalue weighted by atomic mass is 10.1. The third-order valence-corrected chi connectivity index (χ3v) is 5.56. The van der Waals surface area contributed by atoms with Crippen LogP contribution in [0.1, 0.15) is 0 Å². The summed E-state index contributed by atoms with van der Waals surface area (Å²) in [6.07, 6.45) is 3.35. The first-order valence-corrected chi connectivity index (χ1v) is 11.5. The number of carbonyl (C=O) groups is 1. The molecule has 0 aliphatic carbocycles. The van der Waals surface area contributed by atoms with E-state index in [2.05, 4.69) is 15.3 Å². The van der Waals surface area contributed by atoms with Crippen LogP contribution in [-0.4, -0.2) is 69.9 Å². The fourth-order valence-electron chi connectivity index (χ4n) is 3.67. The van der Waals surface area contributed by atoms with Crippen molar-refractivity contribution in [3.8, 4) is 22.8 Å². The maximum atomic E-state index is 12.7. The molecule has 10 heteroatoms. The second-order valence-corrected chi connectivity index (χ2v) is 8.60. The summed E-state index contributed by atoms with van der Waals surface area (Å²) in [7, 11) is 5.57. The normalized spacial score (nSPS) is 11.4. The van der Waals surface area contributed by atoms with Crippen molar-refractivity contribution in [2.75, 3.05) is 40.0 Å². The molecule has 186 valence electrons. The molecule has 0 radical (unpaired) electrons. The van der Waals surface area contributed by atoms with E-state index >= 15 is 0 Å². The Labute approximate surface area is 208 Å². The molecule has 0 aliphatic heterocycles. The average molecular weight is 488 g/mol. The van der Waals surface area contributed by atoms with Gasteiger partial charge in [-0.05, 0) is 50.5 Å². The summed E-state index contributed by atoms with van der Waals surface area (Å²) in [4.78, 5) is 28.6. The van der Waals surface area contributed by atoms with Crippen molar-refractivity contribution in [3.63, 3.8) is 0 Å². The largest absolute Gasteiger partial charge is 0.457 e. The predicted molar refractivity (Wildman–Crippen MR) is 140 cm³/mol. The van der Waals surface area contributed by atoms with E-state index in [1.807, 2.05) is 79.7 Å². The highest BCUT2D eigenvalue weighted by Crippen LogP contribution is 2.31. The number of rotatable bonds is 9. The zero-order valence-corrected chi connectivity index (χ0v) is 20.5. The number of nitrogen functional groups attached to an aromatic ring is 1. The van der Waals surface area contributed by atoms with Crippen LogP contribution in [0, 0.1) is 0 Å². The van der Waals surface area contributed by atoms with Gasteiger partial charge in [0.2, 0.25) is 5.91 Å². The van der Waals surface area contributed by atoms with Crippen LogP contribution in [0.15, 0.2) is 71.5 Å². The lowest BCUT2D eigenvalue weighted by molar-refractivity contribution is -0.124. The first kappa shape index (κ1) is 24.7. The summed E-state index contributed by atoms with van der Waals surface area (Å²) < 4.78 is 7.44. The number of amides is 1. The number of hydrogen-bond acceptors (Lipinski definition) is 7. The van der Waals surface area contributed by atoms with Gasteiger partial charge in [-0.1, -0.05) is 24.3 Å². The molecule has 4 rings (SSSR count). The van der Waals surface area contributed by atoms with Gasteiger partial charge in [-0.15, -0.1) is 0 Å². The van der Waals surface area contributed by atoms with Crippen LogP contribution >= 0.6 is 0 Å². The molecule has 0 bridgehead atoms. The van der Waals surface area contributed by atoms with Crippen molar-refractivity contribution in [1.82, 2.24) is 29.8 Å². The van der Waals surface area contributed by atoms with Gasteiger partial charge >= 0.3 is 0 Å². The van der Waals surface area contributed by atoms with Gasteiger partial charge in [0, 0.05) is 31.8 Å². The zero-order valence-electron chi connectivity index (χ0n) is 20.5. The van der Waals surface area contributed by atoms with Crippen LogP contribution < -0.4 is 16.0 Å². The van der Waals surface area contributed by atoms with Crippen molar-refractivity contribution >= 4 is 22.6 Å². The molecule has 2 aromatic carbocycles. The van der Waals surface area contributed by atoms with Crippen molar-refractivity contribution in [2.45, 2.75) is 6.54 Å². The standard InChI is InChI=1S/C26H29N7O3/c1-31(2)15-7-10-21(34)32(3)16-17-33-24-22(25(27)28-29-26(24)35)23(30-33)18-11-13-20(14-12-18)36-19-8-5-4-6-9-19/h4-14H,15-17H2,1-3H3,(H2,27,28)(H,29,35)/b10-7+. The number of carbonyl (C=O) groups excluding carboxylic acids is 1. The number of ether oxygens (including phenoxy) is 1. The Morgan fingerprint density at radius 1 is 1.08 bits per heavy atom. The smallest absolute Gasteiger partial charge is 0.290 e. The number of aromatic nitrogens is 4. The number of nitrogens with one attached hydrogen (secondary N) is 1. The van der Waals surface area contributed by atoms with Crippen molar-refractivity contribution in [2.24, 2.45) is 0 Å². The summed E-state index contributed by atoms with van der Waals surface area (Å²) in [5.41, 5.74) is 7.36. The highest BCUT2D eigenvalue weighted by Gasteiger charge is 2.19. The fraction of sp³-hybridized carbons (Fsp3) is 0.231. The molecule has 0 aliphatic rings. The quantitative estimate of drug-likeness (QED) is 0.348. The van der Waals surface area contributed by atoms with Crippen LogP contribution in [0.5, 0.6) is 11.5 Å². The molecule has 0 fully saturated rings. The molecule has 10 nitrogen and oxygen atoms in total. The summed E-state index contributed by atoms with van der Waals surface area (Å²) in [6.45, 7) is 1.33. The molecule has 0 spiro atoms. The maximum absolute atomic E-state index is 12.7. The summed E-state index contributed by atoms with van der Waals surface area (Å²) in [5.74, 6) is 1.44. The van der Waals surface area contributed by atoms with E-state index < -0.39 is 5.56 Å². The number of nitrogens with zero attached hydrogens (tertiary/aromatic N) is 5. The third kappa shape index (κ3) is 5.61. The minimum absolute atomic E-state index is 0.127. The van der Waals surface area contributed by atoms with Crippen LogP contribution in [-0.2, 0) is 11.3 Å². The van der Waals surface area contributed by atoms with E-state index in [0.717, 1.165) is 11.3 Å². The molecule has 0 unspecified atom stereocenters. The number of H-pyrrole nitrogens is 1. The Hall–Kier alpha value is -4.44. The van der Waals surface area contributed by atoms with Crippen molar-refractivity contribution in [3.05, 3.63) is 77.1 Å². The Morgan fingerprint density at radius 2 is 1.78 bits per heavy atom. The van der Waals surface area contributed by atoms with Gasteiger partial charge in [-0.2, -0.15) is 10.2 Å². The number of anilines is 1. The number of nitrogens with two attached hydrogens (primary N) is 1. The van der Waals surface area contributed by atoms with E-state index in [1.165, 1.54) is 0 Å². The lowest BCUT2D eigenvalue weighted by Crippen LogP contribution is -2.29. The van der Waals surface area contributed by atoms with Gasteiger partial charge in [0.1, 0.15) is 22.7 Å². The van der Waals surface area contributed by atoms with E-state index in [-0.39, 0.29) is 11.7 Å². The van der Waals surface area contributed by atoms with Gasteiger partial charge in [-0.25, -0.2) is 5.10 Å². The number of likely N-dealkylation sites (N-methyl/N-ethyl adjacent to an activating group) is 2. The zero-order chi connectivity index (χ0) is 25.7. The van der Waals surface area contributed by atoms with Gasteiger partial charge in [0.15, 0.2) is 5.82 Å². The molecule has 0 saturated carbocycles. The molecule has 4 aromatic rings. The molecule has 3 N–H and O–H groups in total. The number of benzene rings is 2. The van der Waals surface area contributed by atoms with Gasteiger partial charge in [-0.3, -0.25) is 14.3 Å². The van der Waals surface area contributed by atoms with E-state index in [1.54, 1.807) is 22.7 Å². The van der Waals surface area contributed by atoms with Crippen molar-refractivity contribution < 1.29 is 9.53 Å². The van der Waals surface area contributed by atoms with Crippen LogP contribution in [0.4, 0.5) is 5.82 Å². The Morgan fingerprint density at radius 3 is 2.47 bits per heavy atom. The van der Waals surface area contributed by atoms with Gasteiger partial charge < -0.3 is 20.3 Å². The van der Waals surface area contributed by atoms with Crippen molar-refractivity contribution in [1.29, 1.82) is 0 Å². The second-order valence-electron chi connectivity index (χ2n) is 8.60. The molecule has 0 saturated heterocycles. The maximum Gasteiger partial charge on any atom is 0.290 e. The first-order valence-electron chi connectivity index (χ1n) is 11.5. The van der Waals surface area contributed by atoms with E-state index in [9.17, 15) is 9.59 Å². The number of para-hydroxylation sites is 1. The minimum Gasteiger partial charge on any atom is -0.457 e. The molecule has 36 heavy (non-hydrogen) atoms. The minimum atomic E-state index is -0.401. The average Bonchev–Trinajstić information content (AvgIpc) is 3.26. The Kier molecular flexibility index (Phi) is 7.45. The number of fused-ring (bicyclic) bond motifs is 1. The fourth-order valence-corrected chi connectivity index (χ4v) is 3.67. The molecule has 2 aromatic heterocycles. The van der Waals surface area contributed by atoms with Crippen LogP contribution in [0.3, 0.4) is 0 Å². The summed E-state index contributed by atoms with van der Waals surface area (Å²) in [6, 6.07) is 16.9. The molecule has 1 amide bonds. The third-order valence-electron chi connectivity index (χ3n) is 5.56. The summed E-state index contributed by atoms with van der Waals surface area (Å²) in [5, 5.41) is 11.5. The molecule has 2 heterocycles.